The molecule has 15 heavy (non-hydrogen) atoms. The van der Waals surface area contributed by atoms with Gasteiger partial charge in [0.25, 0.3) is 0 Å². The van der Waals surface area contributed by atoms with Gasteiger partial charge in [-0.25, -0.2) is 8.42 Å². The first-order valence-electron chi connectivity index (χ1n) is 4.19. The van der Waals surface area contributed by atoms with Crippen LogP contribution in [0, 0.1) is 0 Å². The van der Waals surface area contributed by atoms with Gasteiger partial charge in [-0.2, -0.15) is 0 Å². The van der Waals surface area contributed by atoms with Crippen molar-refractivity contribution in [2.45, 2.75) is 4.90 Å². The van der Waals surface area contributed by atoms with Crippen molar-refractivity contribution < 1.29 is 17.9 Å². The summed E-state index contributed by atoms with van der Waals surface area (Å²) in [6.07, 6.45) is 0.531. The minimum Gasteiger partial charge on any atom is -0.497 e. The van der Waals surface area contributed by atoms with Crippen LogP contribution in [-0.4, -0.2) is 21.8 Å². The molecular weight excluding hydrogens is 216 g/mol. The van der Waals surface area contributed by atoms with Crippen LogP contribution in [0.25, 0.3) is 5.57 Å². The SMILES string of the molecule is COc1ccc2c(c1)C(C=O)=CS2(=O)=O. The van der Waals surface area contributed by atoms with Gasteiger partial charge in [-0.15, -0.1) is 0 Å². The average Bonchev–Trinajstić information content (AvgIpc) is 2.50. The monoisotopic (exact) mass is 224 g/mol. The lowest BCUT2D eigenvalue weighted by molar-refractivity contribution is -0.103. The Balaban J connectivity index is 2.73. The number of allylic oxidation sites excluding steroid dienone is 1. The third-order valence-electron chi connectivity index (χ3n) is 2.21. The van der Waals surface area contributed by atoms with Gasteiger partial charge in [0.05, 0.1) is 12.0 Å². The van der Waals surface area contributed by atoms with Gasteiger partial charge in [-0.1, -0.05) is 0 Å². The second kappa shape index (κ2) is 3.20. The van der Waals surface area contributed by atoms with Gasteiger partial charge in [-0.3, -0.25) is 4.79 Å². The Bertz CT molecular complexity index is 555. The second-order valence-electron chi connectivity index (χ2n) is 3.10. The molecule has 1 heterocycles. The van der Waals surface area contributed by atoms with Gasteiger partial charge < -0.3 is 4.74 Å². The summed E-state index contributed by atoms with van der Waals surface area (Å²) >= 11 is 0. The fourth-order valence-corrected chi connectivity index (χ4v) is 2.88. The number of carbonyl (C=O) groups excluding carboxylic acids is 1. The molecule has 0 radical (unpaired) electrons. The summed E-state index contributed by atoms with van der Waals surface area (Å²) in [7, 11) is -1.96. The highest BCUT2D eigenvalue weighted by Crippen LogP contribution is 2.34. The third kappa shape index (κ3) is 1.45. The van der Waals surface area contributed by atoms with Crippen LogP contribution in [0.5, 0.6) is 5.75 Å². The van der Waals surface area contributed by atoms with Crippen molar-refractivity contribution in [3.05, 3.63) is 29.2 Å². The van der Waals surface area contributed by atoms with Crippen molar-refractivity contribution in [3.63, 3.8) is 0 Å². The molecule has 0 saturated heterocycles. The molecule has 0 aliphatic carbocycles. The van der Waals surface area contributed by atoms with Crippen LogP contribution in [-0.2, 0) is 14.6 Å². The Kier molecular flexibility index (Phi) is 2.12. The van der Waals surface area contributed by atoms with Crippen molar-refractivity contribution in [1.29, 1.82) is 0 Å². The summed E-state index contributed by atoms with van der Waals surface area (Å²) in [4.78, 5) is 10.8. The van der Waals surface area contributed by atoms with E-state index < -0.39 is 9.84 Å². The van der Waals surface area contributed by atoms with E-state index in [9.17, 15) is 13.2 Å². The van der Waals surface area contributed by atoms with Crippen LogP contribution < -0.4 is 4.74 Å². The molecule has 0 amide bonds. The first kappa shape index (κ1) is 9.92. The Morgan fingerprint density at radius 3 is 2.67 bits per heavy atom. The van der Waals surface area contributed by atoms with Crippen LogP contribution in [0.3, 0.4) is 0 Å². The lowest BCUT2D eigenvalue weighted by atomic mass is 10.1. The number of sulfone groups is 1. The van der Waals surface area contributed by atoms with Crippen LogP contribution in [0.15, 0.2) is 28.5 Å². The van der Waals surface area contributed by atoms with Crippen molar-refractivity contribution in [2.75, 3.05) is 7.11 Å². The van der Waals surface area contributed by atoms with Crippen LogP contribution in [0.1, 0.15) is 5.56 Å². The molecule has 4 nitrogen and oxygen atoms in total. The maximum absolute atomic E-state index is 11.5. The second-order valence-corrected chi connectivity index (χ2v) is 4.86. The molecule has 0 spiro atoms. The summed E-state index contributed by atoms with van der Waals surface area (Å²) in [5, 5.41) is 0.976. The summed E-state index contributed by atoms with van der Waals surface area (Å²) in [6.45, 7) is 0. The van der Waals surface area contributed by atoms with Crippen molar-refractivity contribution in [3.8, 4) is 5.75 Å². The van der Waals surface area contributed by atoms with Gasteiger partial charge in [0.15, 0.2) is 6.29 Å². The largest absolute Gasteiger partial charge is 0.497 e. The minimum absolute atomic E-state index is 0.158. The highest BCUT2D eigenvalue weighted by atomic mass is 32.2. The average molecular weight is 224 g/mol. The predicted molar refractivity (Wildman–Crippen MR) is 54.2 cm³/mol. The molecule has 0 aromatic heterocycles. The summed E-state index contributed by atoms with van der Waals surface area (Å²) in [5.41, 5.74) is 0.577. The molecule has 78 valence electrons. The zero-order valence-electron chi connectivity index (χ0n) is 7.93. The summed E-state index contributed by atoms with van der Waals surface area (Å²) in [6, 6.07) is 4.54. The number of fused-ring (bicyclic) bond motifs is 1. The number of benzene rings is 1. The first-order chi connectivity index (χ1) is 7.08. The molecule has 1 aliphatic rings. The molecule has 1 aromatic carbocycles. The Hall–Kier alpha value is -1.62. The van der Waals surface area contributed by atoms with E-state index in [1.54, 1.807) is 12.1 Å². The normalized spacial score (nSPS) is 16.7. The Morgan fingerprint density at radius 2 is 2.07 bits per heavy atom. The third-order valence-corrected chi connectivity index (χ3v) is 3.75. The fourth-order valence-electron chi connectivity index (χ4n) is 1.50. The number of hydrogen-bond donors (Lipinski definition) is 0. The van der Waals surface area contributed by atoms with Crippen molar-refractivity contribution >= 4 is 21.7 Å². The molecule has 0 atom stereocenters. The molecule has 0 unspecified atom stereocenters. The van der Waals surface area contributed by atoms with Crippen LogP contribution in [0.4, 0.5) is 0 Å². The molecule has 1 aliphatic heterocycles. The van der Waals surface area contributed by atoms with E-state index in [-0.39, 0.29) is 10.5 Å². The number of hydrogen-bond acceptors (Lipinski definition) is 4. The zero-order valence-corrected chi connectivity index (χ0v) is 8.74. The van der Waals surface area contributed by atoms with E-state index in [4.69, 9.17) is 4.74 Å². The molecule has 0 fully saturated rings. The highest BCUT2D eigenvalue weighted by molar-refractivity contribution is 7.95. The molecule has 1 aromatic rings. The maximum atomic E-state index is 11.5. The number of aldehydes is 1. The van der Waals surface area contributed by atoms with E-state index >= 15 is 0 Å². The van der Waals surface area contributed by atoms with E-state index in [1.165, 1.54) is 13.2 Å². The van der Waals surface area contributed by atoms with E-state index in [2.05, 4.69) is 0 Å². The lowest BCUT2D eigenvalue weighted by Gasteiger charge is -2.03. The molecule has 0 N–H and O–H groups in total. The van der Waals surface area contributed by atoms with Gasteiger partial charge in [-0.05, 0) is 18.2 Å². The molecule has 0 bridgehead atoms. The van der Waals surface area contributed by atoms with Crippen molar-refractivity contribution in [1.82, 2.24) is 0 Å². The summed E-state index contributed by atoms with van der Waals surface area (Å²) in [5.74, 6) is 0.526. The molecule has 0 saturated carbocycles. The smallest absolute Gasteiger partial charge is 0.201 e. The van der Waals surface area contributed by atoms with Gasteiger partial charge >= 0.3 is 0 Å². The Labute approximate surface area is 87.1 Å². The minimum atomic E-state index is -3.44. The van der Waals surface area contributed by atoms with Crippen molar-refractivity contribution in [2.24, 2.45) is 0 Å². The predicted octanol–water partition coefficient (Wildman–Crippen LogP) is 1.02. The van der Waals surface area contributed by atoms with Gasteiger partial charge in [0.2, 0.25) is 9.84 Å². The first-order valence-corrected chi connectivity index (χ1v) is 5.73. The molecule has 5 heteroatoms. The van der Waals surface area contributed by atoms with Crippen LogP contribution in [0.2, 0.25) is 0 Å². The highest BCUT2D eigenvalue weighted by Gasteiger charge is 2.26. The number of methoxy groups -OCH3 is 1. The summed E-state index contributed by atoms with van der Waals surface area (Å²) < 4.78 is 28.1. The van der Waals surface area contributed by atoms with Gasteiger partial charge in [0.1, 0.15) is 5.75 Å². The molecular formula is C10H8O4S. The van der Waals surface area contributed by atoms with E-state index in [0.29, 0.717) is 17.6 Å². The number of rotatable bonds is 2. The number of ether oxygens (including phenoxy) is 1. The lowest BCUT2D eigenvalue weighted by Crippen LogP contribution is -1.94. The maximum Gasteiger partial charge on any atom is 0.201 e. The van der Waals surface area contributed by atoms with E-state index in [0.717, 1.165) is 5.41 Å². The van der Waals surface area contributed by atoms with E-state index in [1.807, 2.05) is 0 Å². The molecule has 2 rings (SSSR count). The fraction of sp³-hybridized carbons (Fsp3) is 0.100. The van der Waals surface area contributed by atoms with Crippen LogP contribution >= 0.6 is 0 Å². The standard InChI is InChI=1S/C10H8O4S/c1-14-8-2-3-10-9(4-8)7(5-11)6-15(10,12)13/h2-6H,1H3. The van der Waals surface area contributed by atoms with Gasteiger partial charge in [0, 0.05) is 16.5 Å². The quantitative estimate of drug-likeness (QED) is 0.704. The number of carbonyl (C=O) groups is 1. The Morgan fingerprint density at radius 1 is 1.33 bits per heavy atom. The zero-order chi connectivity index (χ0) is 11.1. The topological polar surface area (TPSA) is 60.4 Å².